The van der Waals surface area contributed by atoms with Crippen LogP contribution in [-0.2, 0) is 24.8 Å². The zero-order chi connectivity index (χ0) is 16.8. The highest BCUT2D eigenvalue weighted by Gasteiger charge is 2.44. The minimum atomic E-state index is -3.50. The normalized spacial score (nSPS) is 13.9. The lowest BCUT2D eigenvalue weighted by Crippen LogP contribution is -2.35. The van der Waals surface area contributed by atoms with Crippen LogP contribution >= 0.6 is 7.60 Å². The summed E-state index contributed by atoms with van der Waals surface area (Å²) in [5.74, 6) is -0.0958. The molecule has 1 aromatic rings. The first-order valence-corrected chi connectivity index (χ1v) is 9.32. The Hall–Kier alpha value is -0.960. The van der Waals surface area contributed by atoms with Gasteiger partial charge in [-0.1, -0.05) is 51.1 Å². The zero-order valence-corrected chi connectivity index (χ0v) is 15.1. The van der Waals surface area contributed by atoms with Crippen LogP contribution in [0.3, 0.4) is 0 Å². The minimum absolute atomic E-state index is 0.0958. The van der Waals surface area contributed by atoms with Crippen molar-refractivity contribution >= 4 is 13.4 Å². The summed E-state index contributed by atoms with van der Waals surface area (Å²) in [5, 5.41) is 0. The molecular formula is C17H27O4P. The highest BCUT2D eigenvalue weighted by molar-refractivity contribution is 7.55. The largest absolute Gasteiger partial charge is 0.341 e. The number of carbonyl (C=O) groups excluding carboxylic acids is 1. The average Bonchev–Trinajstić information content (AvgIpc) is 2.44. The van der Waals surface area contributed by atoms with Gasteiger partial charge < -0.3 is 9.05 Å². The maximum atomic E-state index is 13.1. The van der Waals surface area contributed by atoms with Crippen molar-refractivity contribution in [2.45, 2.75) is 46.7 Å². The summed E-state index contributed by atoms with van der Waals surface area (Å²) in [6.45, 7) is 9.50. The Morgan fingerprint density at radius 2 is 1.59 bits per heavy atom. The molecule has 1 rings (SSSR count). The van der Waals surface area contributed by atoms with Gasteiger partial charge in [-0.15, -0.1) is 0 Å². The van der Waals surface area contributed by atoms with Crippen molar-refractivity contribution in [3.8, 4) is 0 Å². The molecule has 0 saturated heterocycles. The first-order valence-electron chi connectivity index (χ1n) is 7.71. The second kappa shape index (κ2) is 8.05. The topological polar surface area (TPSA) is 52.6 Å². The Balaban J connectivity index is 3.20. The maximum absolute atomic E-state index is 13.1. The molecule has 0 radical (unpaired) electrons. The van der Waals surface area contributed by atoms with Gasteiger partial charge in [0.1, 0.15) is 5.66 Å². The Morgan fingerprint density at radius 1 is 1.09 bits per heavy atom. The van der Waals surface area contributed by atoms with E-state index in [1.807, 2.05) is 51.1 Å². The number of Topliss-reactive ketones (excluding diaryl/α,β-unsaturated/α-hetero) is 1. The van der Waals surface area contributed by atoms with Crippen LogP contribution < -0.4 is 0 Å². The highest BCUT2D eigenvalue weighted by Crippen LogP contribution is 2.55. The fraction of sp³-hybridized carbons (Fsp3) is 0.588. The fourth-order valence-electron chi connectivity index (χ4n) is 2.26. The summed E-state index contributed by atoms with van der Waals surface area (Å²) < 4.78 is 24.0. The second-order valence-corrected chi connectivity index (χ2v) is 8.41. The standard InChI is InChI=1S/C17H27O4P/c1-6-20-22(19,21-7-2)15(16(18)17(3,4)5)13-14-11-9-8-10-12-14/h8-12,15H,6-7,13H2,1-5H3. The van der Waals surface area contributed by atoms with Crippen LogP contribution in [0.5, 0.6) is 0 Å². The average molecular weight is 326 g/mol. The first-order chi connectivity index (χ1) is 10.2. The molecule has 0 fully saturated rings. The molecule has 0 saturated carbocycles. The fourth-order valence-corrected chi connectivity index (χ4v) is 4.53. The predicted octanol–water partition coefficient (Wildman–Crippen LogP) is 4.48. The smallest absolute Gasteiger partial charge is 0.308 e. The molecular weight excluding hydrogens is 299 g/mol. The van der Waals surface area contributed by atoms with Crippen LogP contribution in [0.15, 0.2) is 30.3 Å². The van der Waals surface area contributed by atoms with E-state index in [4.69, 9.17) is 9.05 Å². The summed E-state index contributed by atoms with van der Waals surface area (Å²) in [6, 6.07) is 9.56. The van der Waals surface area contributed by atoms with Crippen LogP contribution in [0.25, 0.3) is 0 Å². The molecule has 4 nitrogen and oxygen atoms in total. The van der Waals surface area contributed by atoms with E-state index < -0.39 is 18.7 Å². The molecule has 5 heteroatoms. The molecule has 0 bridgehead atoms. The number of hydrogen-bond donors (Lipinski definition) is 0. The molecule has 1 unspecified atom stereocenters. The van der Waals surface area contributed by atoms with Crippen molar-refractivity contribution in [1.29, 1.82) is 0 Å². The SMILES string of the molecule is CCOP(=O)(OCC)C(Cc1ccccc1)C(=O)C(C)(C)C. The molecule has 0 aromatic heterocycles. The van der Waals surface area contributed by atoms with E-state index >= 15 is 0 Å². The monoisotopic (exact) mass is 326 g/mol. The Kier molecular flexibility index (Phi) is 6.98. The maximum Gasteiger partial charge on any atom is 0.341 e. The first kappa shape index (κ1) is 19.1. The Morgan fingerprint density at radius 3 is 2.00 bits per heavy atom. The lowest BCUT2D eigenvalue weighted by Gasteiger charge is -2.30. The molecule has 0 aliphatic rings. The number of ketones is 1. The van der Waals surface area contributed by atoms with E-state index in [1.165, 1.54) is 0 Å². The van der Waals surface area contributed by atoms with Crippen molar-refractivity contribution in [2.24, 2.45) is 5.41 Å². The zero-order valence-electron chi connectivity index (χ0n) is 14.2. The third-order valence-electron chi connectivity index (χ3n) is 3.31. The number of benzene rings is 1. The minimum Gasteiger partial charge on any atom is -0.308 e. The van der Waals surface area contributed by atoms with Gasteiger partial charge >= 0.3 is 7.60 Å². The molecule has 0 aliphatic carbocycles. The van der Waals surface area contributed by atoms with Crippen LogP contribution in [0.4, 0.5) is 0 Å². The molecule has 0 N–H and O–H groups in total. The summed E-state index contributed by atoms with van der Waals surface area (Å²) in [5.41, 5.74) is -0.442. The summed E-state index contributed by atoms with van der Waals surface area (Å²) in [4.78, 5) is 12.8. The Bertz CT molecular complexity index is 509. The van der Waals surface area contributed by atoms with Crippen molar-refractivity contribution in [3.63, 3.8) is 0 Å². The molecule has 124 valence electrons. The van der Waals surface area contributed by atoms with E-state index in [-0.39, 0.29) is 19.0 Å². The number of carbonyl (C=O) groups is 1. The highest BCUT2D eigenvalue weighted by atomic mass is 31.2. The third-order valence-corrected chi connectivity index (χ3v) is 5.73. The number of hydrogen-bond acceptors (Lipinski definition) is 4. The van der Waals surface area contributed by atoms with Gasteiger partial charge in [-0.25, -0.2) is 0 Å². The van der Waals surface area contributed by atoms with E-state index in [9.17, 15) is 9.36 Å². The van der Waals surface area contributed by atoms with Crippen molar-refractivity contribution in [3.05, 3.63) is 35.9 Å². The molecule has 1 aromatic carbocycles. The van der Waals surface area contributed by atoms with Gasteiger partial charge in [-0.05, 0) is 25.8 Å². The third kappa shape index (κ3) is 5.05. The van der Waals surface area contributed by atoms with E-state index in [0.29, 0.717) is 6.42 Å². The molecule has 1 atom stereocenters. The lowest BCUT2D eigenvalue weighted by atomic mass is 9.87. The van der Waals surface area contributed by atoms with Gasteiger partial charge in [0.2, 0.25) is 0 Å². The van der Waals surface area contributed by atoms with Crippen molar-refractivity contribution in [1.82, 2.24) is 0 Å². The quantitative estimate of drug-likeness (QED) is 0.661. The molecule has 0 aliphatic heterocycles. The van der Waals surface area contributed by atoms with Crippen LogP contribution in [-0.4, -0.2) is 24.7 Å². The van der Waals surface area contributed by atoms with Gasteiger partial charge in [-0.3, -0.25) is 9.36 Å². The Labute approximate surface area is 133 Å². The van der Waals surface area contributed by atoms with Gasteiger partial charge in [-0.2, -0.15) is 0 Å². The van der Waals surface area contributed by atoms with Gasteiger partial charge in [0.05, 0.1) is 13.2 Å². The van der Waals surface area contributed by atoms with Crippen molar-refractivity contribution in [2.75, 3.05) is 13.2 Å². The van der Waals surface area contributed by atoms with Crippen molar-refractivity contribution < 1.29 is 18.4 Å². The van der Waals surface area contributed by atoms with Gasteiger partial charge in [0.25, 0.3) is 0 Å². The van der Waals surface area contributed by atoms with Crippen LogP contribution in [0.1, 0.15) is 40.2 Å². The van der Waals surface area contributed by atoms with E-state index in [0.717, 1.165) is 5.56 Å². The van der Waals surface area contributed by atoms with E-state index in [2.05, 4.69) is 0 Å². The summed E-state index contributed by atoms with van der Waals surface area (Å²) >= 11 is 0. The lowest BCUT2D eigenvalue weighted by molar-refractivity contribution is -0.126. The summed E-state index contributed by atoms with van der Waals surface area (Å²) in [7, 11) is -3.50. The molecule has 0 spiro atoms. The van der Waals surface area contributed by atoms with Crippen LogP contribution in [0, 0.1) is 5.41 Å². The van der Waals surface area contributed by atoms with Crippen LogP contribution in [0.2, 0.25) is 0 Å². The second-order valence-electron chi connectivity index (χ2n) is 6.20. The van der Waals surface area contributed by atoms with E-state index in [1.54, 1.807) is 13.8 Å². The van der Waals surface area contributed by atoms with Gasteiger partial charge in [0, 0.05) is 5.41 Å². The van der Waals surface area contributed by atoms with Gasteiger partial charge in [0.15, 0.2) is 5.78 Å². The summed E-state index contributed by atoms with van der Waals surface area (Å²) in [6.07, 6.45) is 0.355. The molecule has 22 heavy (non-hydrogen) atoms. The predicted molar refractivity (Wildman–Crippen MR) is 89.3 cm³/mol. The molecule has 0 heterocycles. The molecule has 0 amide bonds. The number of rotatable bonds is 8.